The number of nitrogens with zero attached hydrogens (tertiary/aromatic N) is 1. The lowest BCUT2D eigenvalue weighted by atomic mass is 10.1. The Bertz CT molecular complexity index is 914. The summed E-state index contributed by atoms with van der Waals surface area (Å²) >= 11 is 3.30. The number of fused-ring (bicyclic) bond motifs is 1. The Morgan fingerprint density at radius 2 is 1.76 bits per heavy atom. The minimum absolute atomic E-state index is 0.0437. The Balaban J connectivity index is 1.46. The molecule has 1 aliphatic heterocycles. The molecule has 0 aliphatic carbocycles. The standard InChI is InChI=1S/C21H21BrN2O5/c1-28-10-11-29-16-5-2-14(3-6-16)13-23-19(25)8-9-24-20(26)17-7-4-15(22)12-18(17)21(24)27/h2-7,12H,8-11,13H2,1H3,(H,23,25). The average Bonchev–Trinajstić information content (AvgIpc) is 2.95. The van der Waals surface area contributed by atoms with Crippen molar-refractivity contribution in [3.05, 3.63) is 63.6 Å². The molecule has 152 valence electrons. The first-order chi connectivity index (χ1) is 14.0. The molecule has 0 aromatic heterocycles. The van der Waals surface area contributed by atoms with Gasteiger partial charge in [-0.05, 0) is 35.9 Å². The molecule has 2 aromatic carbocycles. The van der Waals surface area contributed by atoms with Crippen LogP contribution in [0, 0.1) is 0 Å². The number of carbonyl (C=O) groups is 3. The maximum absolute atomic E-state index is 12.4. The molecule has 1 N–H and O–H groups in total. The van der Waals surface area contributed by atoms with Gasteiger partial charge in [-0.2, -0.15) is 0 Å². The van der Waals surface area contributed by atoms with Crippen molar-refractivity contribution in [3.63, 3.8) is 0 Å². The quantitative estimate of drug-likeness (QED) is 0.459. The number of benzene rings is 2. The third kappa shape index (κ3) is 5.21. The Morgan fingerprint density at radius 3 is 2.48 bits per heavy atom. The van der Waals surface area contributed by atoms with E-state index in [1.54, 1.807) is 25.3 Å². The molecule has 0 unspecified atom stereocenters. The van der Waals surface area contributed by atoms with E-state index in [4.69, 9.17) is 9.47 Å². The van der Waals surface area contributed by atoms with Gasteiger partial charge in [0.15, 0.2) is 0 Å². The molecule has 1 heterocycles. The van der Waals surface area contributed by atoms with E-state index >= 15 is 0 Å². The molecule has 0 spiro atoms. The van der Waals surface area contributed by atoms with Crippen LogP contribution in [0.5, 0.6) is 5.75 Å². The summed E-state index contributed by atoms with van der Waals surface area (Å²) in [6, 6.07) is 12.3. The molecule has 7 nitrogen and oxygen atoms in total. The van der Waals surface area contributed by atoms with Crippen LogP contribution in [0.3, 0.4) is 0 Å². The van der Waals surface area contributed by atoms with Gasteiger partial charge < -0.3 is 14.8 Å². The van der Waals surface area contributed by atoms with Crippen LogP contribution < -0.4 is 10.1 Å². The van der Waals surface area contributed by atoms with E-state index in [-0.39, 0.29) is 30.7 Å². The molecule has 0 radical (unpaired) electrons. The van der Waals surface area contributed by atoms with Crippen LogP contribution in [0.15, 0.2) is 46.9 Å². The minimum atomic E-state index is -0.372. The fraction of sp³-hybridized carbons (Fsp3) is 0.286. The number of halogens is 1. The van der Waals surface area contributed by atoms with Gasteiger partial charge in [0, 0.05) is 31.1 Å². The first-order valence-electron chi connectivity index (χ1n) is 9.12. The molecule has 0 fully saturated rings. The lowest BCUT2D eigenvalue weighted by molar-refractivity contribution is -0.121. The van der Waals surface area contributed by atoms with Crippen molar-refractivity contribution in [2.24, 2.45) is 0 Å². The number of amides is 3. The van der Waals surface area contributed by atoms with Crippen molar-refractivity contribution < 1.29 is 23.9 Å². The second-order valence-electron chi connectivity index (χ2n) is 6.46. The largest absolute Gasteiger partial charge is 0.491 e. The highest BCUT2D eigenvalue weighted by molar-refractivity contribution is 9.10. The van der Waals surface area contributed by atoms with Gasteiger partial charge in [0.25, 0.3) is 11.8 Å². The van der Waals surface area contributed by atoms with Crippen molar-refractivity contribution in [1.82, 2.24) is 10.2 Å². The molecule has 0 saturated heterocycles. The van der Waals surface area contributed by atoms with Gasteiger partial charge in [-0.15, -0.1) is 0 Å². The highest BCUT2D eigenvalue weighted by Gasteiger charge is 2.35. The molecule has 29 heavy (non-hydrogen) atoms. The second-order valence-corrected chi connectivity index (χ2v) is 7.38. The summed E-state index contributed by atoms with van der Waals surface area (Å²) < 4.78 is 11.1. The predicted molar refractivity (Wildman–Crippen MR) is 110 cm³/mol. The van der Waals surface area contributed by atoms with Gasteiger partial charge in [0.2, 0.25) is 5.91 Å². The molecule has 3 rings (SSSR count). The number of hydrogen-bond acceptors (Lipinski definition) is 5. The first-order valence-corrected chi connectivity index (χ1v) is 9.92. The molecule has 8 heteroatoms. The second kappa shape index (κ2) is 9.67. The van der Waals surface area contributed by atoms with E-state index in [9.17, 15) is 14.4 Å². The summed E-state index contributed by atoms with van der Waals surface area (Å²) in [5.74, 6) is -0.241. The van der Waals surface area contributed by atoms with E-state index in [1.165, 1.54) is 0 Å². The molecular formula is C21H21BrN2O5. The summed E-state index contributed by atoms with van der Waals surface area (Å²) in [6.07, 6.45) is 0.0465. The van der Waals surface area contributed by atoms with Crippen molar-refractivity contribution in [1.29, 1.82) is 0 Å². The molecule has 1 aliphatic rings. The van der Waals surface area contributed by atoms with Crippen molar-refractivity contribution in [2.45, 2.75) is 13.0 Å². The van der Waals surface area contributed by atoms with Gasteiger partial charge in [-0.25, -0.2) is 0 Å². The van der Waals surface area contributed by atoms with Crippen LogP contribution in [0.25, 0.3) is 0 Å². The maximum atomic E-state index is 12.4. The third-order valence-corrected chi connectivity index (χ3v) is 4.96. The number of imide groups is 1. The van der Waals surface area contributed by atoms with E-state index < -0.39 is 0 Å². The molecule has 2 aromatic rings. The van der Waals surface area contributed by atoms with E-state index in [2.05, 4.69) is 21.2 Å². The van der Waals surface area contributed by atoms with Gasteiger partial charge in [-0.1, -0.05) is 28.1 Å². The molecular weight excluding hydrogens is 440 g/mol. The van der Waals surface area contributed by atoms with Crippen molar-refractivity contribution in [2.75, 3.05) is 26.9 Å². The van der Waals surface area contributed by atoms with E-state index in [0.717, 1.165) is 20.7 Å². The smallest absolute Gasteiger partial charge is 0.261 e. The fourth-order valence-electron chi connectivity index (χ4n) is 2.91. The van der Waals surface area contributed by atoms with Crippen LogP contribution >= 0.6 is 15.9 Å². The SMILES string of the molecule is COCCOc1ccc(CNC(=O)CCN2C(=O)c3ccc(Br)cc3C2=O)cc1. The van der Waals surface area contributed by atoms with Crippen LogP contribution in [-0.4, -0.2) is 49.5 Å². The summed E-state index contributed by atoms with van der Waals surface area (Å²) in [6.45, 7) is 1.39. The Morgan fingerprint density at radius 1 is 1.03 bits per heavy atom. The Labute approximate surface area is 177 Å². The number of hydrogen-bond donors (Lipinski definition) is 1. The summed E-state index contributed by atoms with van der Waals surface area (Å²) in [4.78, 5) is 38.0. The lowest BCUT2D eigenvalue weighted by Crippen LogP contribution is -2.34. The molecule has 0 atom stereocenters. The van der Waals surface area contributed by atoms with Crippen molar-refractivity contribution in [3.8, 4) is 5.75 Å². The lowest BCUT2D eigenvalue weighted by Gasteiger charge is -2.13. The van der Waals surface area contributed by atoms with Gasteiger partial charge >= 0.3 is 0 Å². The normalized spacial score (nSPS) is 12.8. The predicted octanol–water partition coefficient (Wildman–Crippen LogP) is 2.78. The number of rotatable bonds is 9. The zero-order valence-electron chi connectivity index (χ0n) is 15.9. The third-order valence-electron chi connectivity index (χ3n) is 4.46. The van der Waals surface area contributed by atoms with Crippen LogP contribution in [0.4, 0.5) is 0 Å². The monoisotopic (exact) mass is 460 g/mol. The van der Waals surface area contributed by atoms with E-state index in [0.29, 0.717) is 30.9 Å². The van der Waals surface area contributed by atoms with Crippen LogP contribution in [-0.2, 0) is 16.1 Å². The van der Waals surface area contributed by atoms with Crippen molar-refractivity contribution >= 4 is 33.7 Å². The number of ether oxygens (including phenoxy) is 2. The highest BCUT2D eigenvalue weighted by Crippen LogP contribution is 2.26. The maximum Gasteiger partial charge on any atom is 0.261 e. The summed E-state index contributed by atoms with van der Waals surface area (Å²) in [5.41, 5.74) is 1.65. The Hall–Kier alpha value is -2.71. The minimum Gasteiger partial charge on any atom is -0.491 e. The van der Waals surface area contributed by atoms with Crippen LogP contribution in [0.1, 0.15) is 32.7 Å². The van der Waals surface area contributed by atoms with Gasteiger partial charge in [0.05, 0.1) is 17.7 Å². The number of methoxy groups -OCH3 is 1. The average molecular weight is 461 g/mol. The zero-order valence-corrected chi connectivity index (χ0v) is 17.5. The molecule has 3 amide bonds. The van der Waals surface area contributed by atoms with E-state index in [1.807, 2.05) is 24.3 Å². The summed E-state index contributed by atoms with van der Waals surface area (Å²) in [5, 5.41) is 2.80. The number of carbonyl (C=O) groups excluding carboxylic acids is 3. The summed E-state index contributed by atoms with van der Waals surface area (Å²) in [7, 11) is 1.61. The topological polar surface area (TPSA) is 84.9 Å². The Kier molecular flexibility index (Phi) is 7.00. The first kappa shape index (κ1) is 21.0. The van der Waals surface area contributed by atoms with Crippen LogP contribution in [0.2, 0.25) is 0 Å². The zero-order chi connectivity index (χ0) is 20.8. The van der Waals surface area contributed by atoms with Gasteiger partial charge in [-0.3, -0.25) is 19.3 Å². The fourth-order valence-corrected chi connectivity index (χ4v) is 3.28. The number of nitrogens with one attached hydrogen (secondary N) is 1. The van der Waals surface area contributed by atoms with Gasteiger partial charge in [0.1, 0.15) is 12.4 Å². The highest BCUT2D eigenvalue weighted by atomic mass is 79.9. The molecule has 0 bridgehead atoms. The molecule has 0 saturated carbocycles.